The molecule has 5 heteroatoms. The molecule has 3 aromatic rings. The minimum absolute atomic E-state index is 0.342. The monoisotopic (exact) mass is 446 g/mol. The second-order valence-electron chi connectivity index (χ2n) is 8.81. The fourth-order valence-electron chi connectivity index (χ4n) is 4.43. The zero-order chi connectivity index (χ0) is 22.5. The third-order valence-corrected chi connectivity index (χ3v) is 6.36. The first-order valence-electron chi connectivity index (χ1n) is 11.6. The van der Waals surface area contributed by atoms with Gasteiger partial charge >= 0.3 is 0 Å². The van der Waals surface area contributed by atoms with Gasteiger partial charge in [-0.05, 0) is 29.5 Å². The van der Waals surface area contributed by atoms with Crippen molar-refractivity contribution in [2.45, 2.75) is 62.9 Å². The van der Waals surface area contributed by atoms with Crippen molar-refractivity contribution >= 4 is 0 Å². The molecule has 1 aliphatic heterocycles. The van der Waals surface area contributed by atoms with Crippen molar-refractivity contribution < 1.29 is 24.1 Å². The maximum absolute atomic E-state index is 10.9. The summed E-state index contributed by atoms with van der Waals surface area (Å²) in [5.41, 5.74) is 2.65. The lowest BCUT2D eigenvalue weighted by Gasteiger charge is -2.45. The Bertz CT molecular complexity index is 991. The van der Waals surface area contributed by atoms with Crippen LogP contribution in [0.1, 0.15) is 29.5 Å². The fraction of sp³-hybridized carbons (Fsp3) is 0.357. The van der Waals surface area contributed by atoms with Crippen molar-refractivity contribution in [3.05, 3.63) is 108 Å². The quantitative estimate of drug-likeness (QED) is 0.520. The van der Waals surface area contributed by atoms with Crippen LogP contribution in [0.3, 0.4) is 0 Å². The van der Waals surface area contributed by atoms with Crippen molar-refractivity contribution in [2.75, 3.05) is 0 Å². The predicted molar refractivity (Wildman–Crippen MR) is 124 cm³/mol. The Morgan fingerprint density at radius 1 is 0.636 bits per heavy atom. The Balaban J connectivity index is 1.36. The molecule has 0 amide bonds. The van der Waals surface area contributed by atoms with E-state index in [1.807, 2.05) is 91.0 Å². The van der Waals surface area contributed by atoms with Gasteiger partial charge in [0.25, 0.3) is 0 Å². The second kappa shape index (κ2) is 10.2. The van der Waals surface area contributed by atoms with Crippen molar-refractivity contribution in [2.24, 2.45) is 0 Å². The van der Waals surface area contributed by atoms with Crippen LogP contribution in [0, 0.1) is 0 Å². The van der Waals surface area contributed by atoms with E-state index in [1.165, 1.54) is 0 Å². The molecule has 4 atom stereocenters. The van der Waals surface area contributed by atoms with Crippen molar-refractivity contribution in [3.63, 3.8) is 0 Å². The normalized spacial score (nSPS) is 25.7. The summed E-state index contributed by atoms with van der Waals surface area (Å²) in [5.74, 6) is 0. The molecule has 0 radical (unpaired) electrons. The number of ether oxygens (including phenoxy) is 4. The van der Waals surface area contributed by atoms with Gasteiger partial charge in [-0.1, -0.05) is 91.0 Å². The van der Waals surface area contributed by atoms with Gasteiger partial charge in [0.15, 0.2) is 6.29 Å². The molecule has 0 aromatic heterocycles. The molecule has 172 valence electrons. The van der Waals surface area contributed by atoms with E-state index in [0.29, 0.717) is 19.8 Å². The molecular formula is C28H30O5. The first-order chi connectivity index (χ1) is 16.2. The Morgan fingerprint density at radius 2 is 1.06 bits per heavy atom. The van der Waals surface area contributed by atoms with Gasteiger partial charge in [-0.25, -0.2) is 0 Å². The molecule has 5 nitrogen and oxygen atoms in total. The minimum atomic E-state index is -1.08. The summed E-state index contributed by atoms with van der Waals surface area (Å²) in [6, 6.07) is 30.0. The van der Waals surface area contributed by atoms with Gasteiger partial charge in [0.2, 0.25) is 0 Å². The Labute approximate surface area is 194 Å². The molecule has 2 aliphatic rings. The van der Waals surface area contributed by atoms with Gasteiger partial charge in [-0.2, -0.15) is 0 Å². The molecular weight excluding hydrogens is 416 g/mol. The third-order valence-electron chi connectivity index (χ3n) is 6.36. The SMILES string of the molecule is OC1OC2(CC2)[C@@H](OCc2ccccc2)[C@H](OCc2ccccc2)[C@H]1OCc1ccccc1. The summed E-state index contributed by atoms with van der Waals surface area (Å²) >= 11 is 0. The molecule has 5 rings (SSSR count). The Hall–Kier alpha value is -2.54. The van der Waals surface area contributed by atoms with Gasteiger partial charge in [0, 0.05) is 0 Å². The van der Waals surface area contributed by atoms with E-state index in [4.69, 9.17) is 18.9 Å². The van der Waals surface area contributed by atoms with Crippen LogP contribution in [-0.2, 0) is 38.8 Å². The molecule has 1 unspecified atom stereocenters. The maximum atomic E-state index is 10.9. The number of hydrogen-bond acceptors (Lipinski definition) is 5. The van der Waals surface area contributed by atoms with Crippen LogP contribution < -0.4 is 0 Å². The molecule has 1 saturated heterocycles. The number of benzene rings is 3. The number of aliphatic hydroxyl groups excluding tert-OH is 1. The van der Waals surface area contributed by atoms with Crippen LogP contribution in [0.15, 0.2) is 91.0 Å². The number of rotatable bonds is 9. The molecule has 1 N–H and O–H groups in total. The predicted octanol–water partition coefficient (Wildman–Crippen LogP) is 4.62. The van der Waals surface area contributed by atoms with Crippen LogP contribution in [0.4, 0.5) is 0 Å². The summed E-state index contributed by atoms with van der Waals surface area (Å²) in [4.78, 5) is 0. The third kappa shape index (κ3) is 5.35. The van der Waals surface area contributed by atoms with Crippen LogP contribution in [0.2, 0.25) is 0 Å². The zero-order valence-electron chi connectivity index (χ0n) is 18.6. The molecule has 1 spiro atoms. The maximum Gasteiger partial charge on any atom is 0.184 e. The lowest BCUT2D eigenvalue weighted by atomic mass is 9.96. The van der Waals surface area contributed by atoms with Gasteiger partial charge in [0.1, 0.15) is 23.9 Å². The van der Waals surface area contributed by atoms with Crippen molar-refractivity contribution in [3.8, 4) is 0 Å². The highest BCUT2D eigenvalue weighted by Gasteiger charge is 2.62. The molecule has 1 saturated carbocycles. The summed E-state index contributed by atoms with van der Waals surface area (Å²) in [7, 11) is 0. The summed E-state index contributed by atoms with van der Waals surface area (Å²) < 4.78 is 25.2. The summed E-state index contributed by atoms with van der Waals surface area (Å²) in [5, 5.41) is 10.9. The van der Waals surface area contributed by atoms with Gasteiger partial charge in [-0.3, -0.25) is 0 Å². The number of aliphatic hydroxyl groups is 1. The van der Waals surface area contributed by atoms with E-state index < -0.39 is 24.1 Å². The van der Waals surface area contributed by atoms with Crippen LogP contribution in [-0.4, -0.2) is 35.3 Å². The topological polar surface area (TPSA) is 57.2 Å². The molecule has 33 heavy (non-hydrogen) atoms. The van der Waals surface area contributed by atoms with E-state index in [-0.39, 0.29) is 6.10 Å². The molecule has 3 aromatic carbocycles. The largest absolute Gasteiger partial charge is 0.368 e. The van der Waals surface area contributed by atoms with Crippen LogP contribution in [0.5, 0.6) is 0 Å². The highest BCUT2D eigenvalue weighted by Crippen LogP contribution is 2.50. The summed E-state index contributed by atoms with van der Waals surface area (Å²) in [6.45, 7) is 1.21. The van der Waals surface area contributed by atoms with Crippen LogP contribution in [0.25, 0.3) is 0 Å². The van der Waals surface area contributed by atoms with E-state index in [9.17, 15) is 5.11 Å². The standard InChI is InChI=1S/C28H30O5/c29-27-25(31-19-22-12-6-2-7-13-22)24(30-18-21-10-4-1-5-11-21)26(28(33-27)16-17-28)32-20-23-14-8-3-9-15-23/h1-15,24-27,29H,16-20H2/t24-,25-,26+,27?/m1/s1. The average Bonchev–Trinajstić information content (AvgIpc) is 3.63. The Kier molecular flexibility index (Phi) is 6.85. The number of hydrogen-bond donors (Lipinski definition) is 1. The van der Waals surface area contributed by atoms with Crippen LogP contribution >= 0.6 is 0 Å². The fourth-order valence-corrected chi connectivity index (χ4v) is 4.43. The molecule has 1 heterocycles. The van der Waals surface area contributed by atoms with Gasteiger partial charge in [0.05, 0.1) is 19.8 Å². The molecule has 2 fully saturated rings. The highest BCUT2D eigenvalue weighted by atomic mass is 16.7. The first-order valence-corrected chi connectivity index (χ1v) is 11.6. The van der Waals surface area contributed by atoms with E-state index in [1.54, 1.807) is 0 Å². The van der Waals surface area contributed by atoms with E-state index in [0.717, 1.165) is 29.5 Å². The van der Waals surface area contributed by atoms with E-state index >= 15 is 0 Å². The Morgan fingerprint density at radius 3 is 1.52 bits per heavy atom. The lowest BCUT2D eigenvalue weighted by molar-refractivity contribution is -0.320. The smallest absolute Gasteiger partial charge is 0.184 e. The zero-order valence-corrected chi connectivity index (χ0v) is 18.6. The summed E-state index contributed by atoms with van der Waals surface area (Å²) in [6.07, 6.45) is -0.885. The van der Waals surface area contributed by atoms with Crippen molar-refractivity contribution in [1.82, 2.24) is 0 Å². The lowest BCUT2D eigenvalue weighted by Crippen LogP contribution is -2.61. The molecule has 1 aliphatic carbocycles. The van der Waals surface area contributed by atoms with E-state index in [2.05, 4.69) is 0 Å². The first kappa shape index (κ1) is 22.3. The average molecular weight is 447 g/mol. The van der Waals surface area contributed by atoms with Gasteiger partial charge in [-0.15, -0.1) is 0 Å². The highest BCUT2D eigenvalue weighted by molar-refractivity contribution is 5.17. The molecule has 0 bridgehead atoms. The van der Waals surface area contributed by atoms with Gasteiger partial charge < -0.3 is 24.1 Å². The minimum Gasteiger partial charge on any atom is -0.368 e. The second-order valence-corrected chi connectivity index (χ2v) is 8.81. The van der Waals surface area contributed by atoms with Crippen molar-refractivity contribution in [1.29, 1.82) is 0 Å².